The summed E-state index contributed by atoms with van der Waals surface area (Å²) in [5, 5.41) is 12.6. The molecule has 2 aliphatic rings. The molecule has 1 amide bonds. The lowest BCUT2D eigenvalue weighted by Gasteiger charge is -2.35. The van der Waals surface area contributed by atoms with Gasteiger partial charge in [-0.15, -0.1) is 0 Å². The van der Waals surface area contributed by atoms with Gasteiger partial charge in [0.1, 0.15) is 5.76 Å². The lowest BCUT2D eigenvalue weighted by Crippen LogP contribution is -2.48. The highest BCUT2D eigenvalue weighted by molar-refractivity contribution is 5.81. The number of hydrogen-bond donors (Lipinski definition) is 2. The Labute approximate surface area is 158 Å². The Hall–Kier alpha value is -2.60. The van der Waals surface area contributed by atoms with Crippen molar-refractivity contribution in [3.05, 3.63) is 48.2 Å². The van der Waals surface area contributed by atoms with Crippen LogP contribution in [-0.2, 0) is 16.1 Å². The van der Waals surface area contributed by atoms with Crippen molar-refractivity contribution >= 4 is 11.9 Å². The number of benzene rings is 1. The van der Waals surface area contributed by atoms with Crippen molar-refractivity contribution in [1.82, 2.24) is 10.2 Å². The average Bonchev–Trinajstić information content (AvgIpc) is 3.31. The summed E-state index contributed by atoms with van der Waals surface area (Å²) in [4.78, 5) is 26.2. The largest absolute Gasteiger partial charge is 0.481 e. The number of carboxylic acid groups (broad SMARTS) is 1. The molecule has 0 radical (unpaired) electrons. The van der Waals surface area contributed by atoms with E-state index < -0.39 is 11.9 Å². The van der Waals surface area contributed by atoms with Gasteiger partial charge < -0.3 is 14.8 Å². The summed E-state index contributed by atoms with van der Waals surface area (Å²) in [6.07, 6.45) is 4.11. The van der Waals surface area contributed by atoms with Crippen LogP contribution in [0, 0.1) is 11.8 Å². The summed E-state index contributed by atoms with van der Waals surface area (Å²) in [6, 6.07) is 12.0. The number of aliphatic carboxylic acids is 1. The highest BCUT2D eigenvalue weighted by Gasteiger charge is 2.37. The second-order valence-corrected chi connectivity index (χ2v) is 7.58. The number of carboxylic acids is 1. The summed E-state index contributed by atoms with van der Waals surface area (Å²) in [5.41, 5.74) is 2.07. The molecule has 6 heteroatoms. The average molecular weight is 368 g/mol. The summed E-state index contributed by atoms with van der Waals surface area (Å²) >= 11 is 0. The molecule has 2 aromatic rings. The minimum Gasteiger partial charge on any atom is -0.481 e. The monoisotopic (exact) mass is 368 g/mol. The van der Waals surface area contributed by atoms with Crippen LogP contribution in [0.3, 0.4) is 0 Å². The maximum absolute atomic E-state index is 12.5. The molecule has 1 saturated heterocycles. The number of hydrogen-bond acceptors (Lipinski definition) is 4. The Morgan fingerprint density at radius 1 is 1.11 bits per heavy atom. The second kappa shape index (κ2) is 7.56. The van der Waals surface area contributed by atoms with E-state index in [0.29, 0.717) is 26.1 Å². The maximum atomic E-state index is 12.5. The molecule has 2 heterocycles. The zero-order valence-corrected chi connectivity index (χ0v) is 15.1. The number of carbonyl (C=O) groups excluding carboxylic acids is 1. The summed E-state index contributed by atoms with van der Waals surface area (Å²) in [7, 11) is 0. The molecule has 6 nitrogen and oxygen atoms in total. The zero-order valence-electron chi connectivity index (χ0n) is 15.1. The molecule has 142 valence electrons. The first-order valence-corrected chi connectivity index (χ1v) is 9.47. The van der Waals surface area contributed by atoms with Gasteiger partial charge in [-0.1, -0.05) is 24.3 Å². The molecular formula is C21H24N2O4. The Morgan fingerprint density at radius 2 is 1.89 bits per heavy atom. The van der Waals surface area contributed by atoms with Crippen molar-refractivity contribution in [2.75, 3.05) is 13.1 Å². The van der Waals surface area contributed by atoms with Gasteiger partial charge in [0.15, 0.2) is 0 Å². The van der Waals surface area contributed by atoms with E-state index in [4.69, 9.17) is 4.42 Å². The summed E-state index contributed by atoms with van der Waals surface area (Å²) in [5.74, 6) is -0.850. The first-order chi connectivity index (χ1) is 13.1. The molecule has 2 atom stereocenters. The van der Waals surface area contributed by atoms with E-state index in [1.54, 1.807) is 6.26 Å². The third kappa shape index (κ3) is 4.22. The summed E-state index contributed by atoms with van der Waals surface area (Å²) in [6.45, 7) is 1.62. The molecule has 1 aromatic heterocycles. The fraction of sp³-hybridized carbons (Fsp3) is 0.429. The topological polar surface area (TPSA) is 82.8 Å². The number of amides is 1. The number of furan rings is 1. The van der Waals surface area contributed by atoms with Gasteiger partial charge >= 0.3 is 5.97 Å². The number of nitrogens with one attached hydrogen (secondary N) is 1. The van der Waals surface area contributed by atoms with E-state index in [2.05, 4.69) is 10.2 Å². The third-order valence-corrected chi connectivity index (χ3v) is 5.37. The normalized spacial score (nSPS) is 23.1. The van der Waals surface area contributed by atoms with Crippen molar-refractivity contribution in [1.29, 1.82) is 0 Å². The highest BCUT2D eigenvalue weighted by atomic mass is 16.4. The molecule has 0 bridgehead atoms. The first-order valence-electron chi connectivity index (χ1n) is 9.47. The molecule has 4 rings (SSSR count). The molecule has 1 aliphatic heterocycles. The van der Waals surface area contributed by atoms with Crippen LogP contribution in [0.4, 0.5) is 0 Å². The van der Waals surface area contributed by atoms with Gasteiger partial charge in [0.2, 0.25) is 5.91 Å². The Bertz CT molecular complexity index is 813. The maximum Gasteiger partial charge on any atom is 0.307 e. The van der Waals surface area contributed by atoms with Crippen molar-refractivity contribution in [2.24, 2.45) is 11.8 Å². The van der Waals surface area contributed by atoms with Gasteiger partial charge in [0, 0.05) is 31.2 Å². The van der Waals surface area contributed by atoms with E-state index in [0.717, 1.165) is 29.7 Å². The van der Waals surface area contributed by atoms with Gasteiger partial charge in [-0.25, -0.2) is 0 Å². The molecule has 0 unspecified atom stereocenters. The van der Waals surface area contributed by atoms with Crippen LogP contribution < -0.4 is 5.32 Å². The number of carbonyl (C=O) groups is 2. The smallest absolute Gasteiger partial charge is 0.307 e. The standard InChI is InChI=1S/C21H24N2O4/c24-20(22-17-7-8-17)15-10-16(21(25)26)13-23(12-15)11-14-4-1-2-5-18(14)19-6-3-9-27-19/h1-6,9,15-17H,7-8,10-13H2,(H,22,24)(H,25,26)/t15-,16-/m0/s1. The molecule has 0 spiro atoms. The summed E-state index contributed by atoms with van der Waals surface area (Å²) < 4.78 is 5.54. The molecule has 1 aromatic carbocycles. The van der Waals surface area contributed by atoms with Crippen LogP contribution in [0.5, 0.6) is 0 Å². The van der Waals surface area contributed by atoms with E-state index in [-0.39, 0.29) is 17.9 Å². The fourth-order valence-corrected chi connectivity index (χ4v) is 3.81. The van der Waals surface area contributed by atoms with Gasteiger partial charge in [-0.2, -0.15) is 0 Å². The van der Waals surface area contributed by atoms with Gasteiger partial charge in [0.05, 0.1) is 18.1 Å². The molecule has 1 saturated carbocycles. The van der Waals surface area contributed by atoms with Gasteiger partial charge in [0.25, 0.3) is 0 Å². The fourth-order valence-electron chi connectivity index (χ4n) is 3.81. The van der Waals surface area contributed by atoms with Crippen molar-refractivity contribution in [2.45, 2.75) is 31.8 Å². The van der Waals surface area contributed by atoms with Gasteiger partial charge in [-0.05, 0) is 37.0 Å². The predicted octanol–water partition coefficient (Wildman–Crippen LogP) is 2.75. The Balaban J connectivity index is 1.52. The predicted molar refractivity (Wildman–Crippen MR) is 99.8 cm³/mol. The van der Waals surface area contributed by atoms with Crippen LogP contribution in [0.1, 0.15) is 24.8 Å². The van der Waals surface area contributed by atoms with E-state index >= 15 is 0 Å². The van der Waals surface area contributed by atoms with Crippen molar-refractivity contribution < 1.29 is 19.1 Å². The number of rotatable bonds is 6. The number of likely N-dealkylation sites (tertiary alicyclic amines) is 1. The SMILES string of the molecule is O=C(O)[C@H]1C[C@H](C(=O)NC2CC2)CN(Cc2ccccc2-c2ccco2)C1. The third-order valence-electron chi connectivity index (χ3n) is 5.37. The van der Waals surface area contributed by atoms with E-state index in [1.807, 2.05) is 36.4 Å². The lowest BCUT2D eigenvalue weighted by atomic mass is 9.88. The van der Waals surface area contributed by atoms with Gasteiger partial charge in [-0.3, -0.25) is 14.5 Å². The zero-order chi connectivity index (χ0) is 18.8. The number of nitrogens with zero attached hydrogens (tertiary/aromatic N) is 1. The molecular weight excluding hydrogens is 344 g/mol. The molecule has 2 N–H and O–H groups in total. The Kier molecular flexibility index (Phi) is 4.99. The highest BCUT2D eigenvalue weighted by Crippen LogP contribution is 2.29. The van der Waals surface area contributed by atoms with E-state index in [9.17, 15) is 14.7 Å². The van der Waals surface area contributed by atoms with Crippen LogP contribution in [-0.4, -0.2) is 41.0 Å². The molecule has 2 fully saturated rings. The number of piperidine rings is 1. The Morgan fingerprint density at radius 3 is 2.59 bits per heavy atom. The molecule has 1 aliphatic carbocycles. The lowest BCUT2D eigenvalue weighted by molar-refractivity contribution is -0.145. The van der Waals surface area contributed by atoms with Crippen LogP contribution >= 0.6 is 0 Å². The van der Waals surface area contributed by atoms with Crippen molar-refractivity contribution in [3.63, 3.8) is 0 Å². The minimum absolute atomic E-state index is 0.00669. The van der Waals surface area contributed by atoms with E-state index in [1.165, 1.54) is 0 Å². The van der Waals surface area contributed by atoms with Crippen LogP contribution in [0.15, 0.2) is 47.1 Å². The van der Waals surface area contributed by atoms with Crippen LogP contribution in [0.25, 0.3) is 11.3 Å². The first kappa shape index (κ1) is 17.8. The van der Waals surface area contributed by atoms with Crippen LogP contribution in [0.2, 0.25) is 0 Å². The second-order valence-electron chi connectivity index (χ2n) is 7.58. The minimum atomic E-state index is -0.830. The molecule has 27 heavy (non-hydrogen) atoms. The quantitative estimate of drug-likeness (QED) is 0.819. The van der Waals surface area contributed by atoms with Crippen molar-refractivity contribution in [3.8, 4) is 11.3 Å².